The minimum Gasteiger partial charge on any atom is -0.493 e. The number of ether oxygens (including phenoxy) is 2. The largest absolute Gasteiger partial charge is 0.493 e. The first kappa shape index (κ1) is 16.0. The zero-order chi connectivity index (χ0) is 14.7. The molecular weight excluding hydrogens is 383 g/mol. The predicted octanol–water partition coefficient (Wildman–Crippen LogP) is 5.70. The van der Waals surface area contributed by atoms with E-state index in [1.54, 1.807) is 14.2 Å². The normalized spacial score (nSPS) is 12.2. The van der Waals surface area contributed by atoms with E-state index >= 15 is 0 Å². The lowest BCUT2D eigenvalue weighted by molar-refractivity contribution is 0.354. The van der Waals surface area contributed by atoms with Crippen molar-refractivity contribution >= 4 is 50.5 Å². The van der Waals surface area contributed by atoms with E-state index in [9.17, 15) is 0 Å². The second kappa shape index (κ2) is 7.03. The van der Waals surface area contributed by atoms with E-state index in [0.717, 1.165) is 19.2 Å². The molecule has 2 rings (SSSR count). The molecule has 0 N–H and O–H groups in total. The van der Waals surface area contributed by atoms with Crippen molar-refractivity contribution in [2.45, 2.75) is 11.8 Å². The molecule has 1 atom stereocenters. The predicted molar refractivity (Wildman–Crippen MR) is 88.9 cm³/mol. The van der Waals surface area contributed by atoms with Crippen molar-refractivity contribution in [3.8, 4) is 11.5 Å². The molecule has 1 unspecified atom stereocenters. The van der Waals surface area contributed by atoms with Crippen LogP contribution >= 0.6 is 50.5 Å². The zero-order valence-electron chi connectivity index (χ0n) is 11.0. The topological polar surface area (TPSA) is 18.5 Å². The molecule has 0 aliphatic carbocycles. The Labute approximate surface area is 140 Å². The molecule has 1 aromatic heterocycles. The fraction of sp³-hybridized carbons (Fsp3) is 0.286. The highest BCUT2D eigenvalue weighted by Gasteiger charge is 2.15. The summed E-state index contributed by atoms with van der Waals surface area (Å²) in [5.74, 6) is 1.42. The average Bonchev–Trinajstić information content (AvgIpc) is 2.78. The van der Waals surface area contributed by atoms with Gasteiger partial charge in [-0.3, -0.25) is 0 Å². The Morgan fingerprint density at radius 1 is 1.20 bits per heavy atom. The Morgan fingerprint density at radius 2 is 1.90 bits per heavy atom. The van der Waals surface area contributed by atoms with E-state index in [0.29, 0.717) is 17.9 Å². The molecule has 0 aliphatic heterocycles. The molecule has 0 saturated carbocycles. The number of thiophene rings is 1. The van der Waals surface area contributed by atoms with E-state index in [2.05, 4.69) is 15.9 Å². The number of rotatable bonds is 5. The molecule has 0 amide bonds. The molecule has 108 valence electrons. The second-order valence-electron chi connectivity index (χ2n) is 4.13. The summed E-state index contributed by atoms with van der Waals surface area (Å²) in [4.78, 5) is 1.04. The van der Waals surface area contributed by atoms with Crippen LogP contribution in [0.4, 0.5) is 0 Å². The first-order valence-corrected chi connectivity index (χ1v) is 8.27. The molecule has 6 heteroatoms. The summed E-state index contributed by atoms with van der Waals surface area (Å²) in [6, 6.07) is 7.78. The molecule has 2 aromatic rings. The molecule has 0 saturated heterocycles. The van der Waals surface area contributed by atoms with Gasteiger partial charge >= 0.3 is 0 Å². The van der Waals surface area contributed by atoms with Crippen LogP contribution in [0, 0.1) is 0 Å². The van der Waals surface area contributed by atoms with Crippen LogP contribution in [0.2, 0.25) is 4.34 Å². The van der Waals surface area contributed by atoms with Crippen LogP contribution in [-0.4, -0.2) is 14.2 Å². The van der Waals surface area contributed by atoms with Crippen LogP contribution in [0.3, 0.4) is 0 Å². The molecule has 0 radical (unpaired) electrons. The molecule has 2 nitrogen and oxygen atoms in total. The minimum absolute atomic E-state index is 0.123. The Bertz CT molecular complexity index is 581. The van der Waals surface area contributed by atoms with E-state index in [-0.39, 0.29) is 5.38 Å². The van der Waals surface area contributed by atoms with E-state index in [4.69, 9.17) is 32.7 Å². The van der Waals surface area contributed by atoms with Crippen molar-refractivity contribution in [3.63, 3.8) is 0 Å². The first-order chi connectivity index (χ1) is 9.55. The highest BCUT2D eigenvalue weighted by molar-refractivity contribution is 9.10. The summed E-state index contributed by atoms with van der Waals surface area (Å²) in [6.07, 6.45) is 0.700. The summed E-state index contributed by atoms with van der Waals surface area (Å²) >= 11 is 17.4. The smallest absolute Gasteiger partial charge is 0.160 e. The molecule has 0 spiro atoms. The summed E-state index contributed by atoms with van der Waals surface area (Å²) in [7, 11) is 3.24. The van der Waals surface area contributed by atoms with Crippen molar-refractivity contribution in [1.82, 2.24) is 0 Å². The standard InChI is InChI=1S/C14H13BrCl2O2S/c1-18-11-4-3-8(6-12(11)19-2)5-10(16)13-7-9(15)14(17)20-13/h3-4,6-7,10H,5H2,1-2H3. The van der Waals surface area contributed by atoms with Crippen molar-refractivity contribution in [3.05, 3.63) is 43.5 Å². The SMILES string of the molecule is COc1ccc(CC(Cl)c2cc(Br)c(Cl)s2)cc1OC. The van der Waals surface area contributed by atoms with Gasteiger partial charge in [0.1, 0.15) is 4.34 Å². The van der Waals surface area contributed by atoms with Crippen molar-refractivity contribution < 1.29 is 9.47 Å². The van der Waals surface area contributed by atoms with Crippen LogP contribution in [0.1, 0.15) is 15.8 Å². The monoisotopic (exact) mass is 394 g/mol. The number of hydrogen-bond acceptors (Lipinski definition) is 3. The maximum Gasteiger partial charge on any atom is 0.160 e. The van der Waals surface area contributed by atoms with Crippen LogP contribution in [0.15, 0.2) is 28.7 Å². The summed E-state index contributed by atoms with van der Waals surface area (Å²) in [6.45, 7) is 0. The van der Waals surface area contributed by atoms with E-state index in [1.807, 2.05) is 24.3 Å². The molecule has 1 heterocycles. The zero-order valence-corrected chi connectivity index (χ0v) is 14.9. The van der Waals surface area contributed by atoms with Gasteiger partial charge in [0, 0.05) is 9.35 Å². The van der Waals surface area contributed by atoms with Gasteiger partial charge in [-0.15, -0.1) is 22.9 Å². The Hall–Kier alpha value is -0.420. The minimum atomic E-state index is -0.123. The molecule has 0 aliphatic rings. The highest BCUT2D eigenvalue weighted by atomic mass is 79.9. The number of alkyl halides is 1. The molecule has 1 aromatic carbocycles. The van der Waals surface area contributed by atoms with Gasteiger partial charge in [-0.2, -0.15) is 0 Å². The van der Waals surface area contributed by atoms with Gasteiger partial charge in [-0.05, 0) is 46.1 Å². The maximum atomic E-state index is 6.45. The number of benzene rings is 1. The third kappa shape index (κ3) is 3.61. The van der Waals surface area contributed by atoms with Gasteiger partial charge in [0.15, 0.2) is 11.5 Å². The molecule has 20 heavy (non-hydrogen) atoms. The van der Waals surface area contributed by atoms with Gasteiger partial charge in [0.2, 0.25) is 0 Å². The average molecular weight is 396 g/mol. The van der Waals surface area contributed by atoms with Crippen LogP contribution in [0.5, 0.6) is 11.5 Å². The van der Waals surface area contributed by atoms with Gasteiger partial charge < -0.3 is 9.47 Å². The van der Waals surface area contributed by atoms with Crippen LogP contribution < -0.4 is 9.47 Å². The third-order valence-electron chi connectivity index (χ3n) is 2.84. The lowest BCUT2D eigenvalue weighted by Gasteiger charge is -2.11. The number of hydrogen-bond donors (Lipinski definition) is 0. The maximum absolute atomic E-state index is 6.45. The first-order valence-electron chi connectivity index (χ1n) is 5.85. The Morgan fingerprint density at radius 3 is 2.45 bits per heavy atom. The van der Waals surface area contributed by atoms with Crippen molar-refractivity contribution in [2.24, 2.45) is 0 Å². The number of halogens is 3. The fourth-order valence-electron chi connectivity index (χ4n) is 1.83. The van der Waals surface area contributed by atoms with Gasteiger partial charge in [-0.25, -0.2) is 0 Å². The molecular formula is C14H13BrCl2O2S. The highest BCUT2D eigenvalue weighted by Crippen LogP contribution is 2.39. The van der Waals surface area contributed by atoms with Crippen LogP contribution in [0.25, 0.3) is 0 Å². The quantitative estimate of drug-likeness (QED) is 0.604. The third-order valence-corrected chi connectivity index (χ3v) is 5.94. The summed E-state index contributed by atoms with van der Waals surface area (Å²) in [5, 5.41) is -0.123. The summed E-state index contributed by atoms with van der Waals surface area (Å²) in [5.41, 5.74) is 1.09. The number of methoxy groups -OCH3 is 2. The molecule has 0 bridgehead atoms. The summed E-state index contributed by atoms with van der Waals surface area (Å²) < 4.78 is 12.1. The molecule has 0 fully saturated rings. The van der Waals surface area contributed by atoms with Gasteiger partial charge in [0.25, 0.3) is 0 Å². The van der Waals surface area contributed by atoms with Gasteiger partial charge in [0.05, 0.1) is 19.6 Å². The second-order valence-corrected chi connectivity index (χ2v) is 7.20. The Kier molecular flexibility index (Phi) is 5.61. The van der Waals surface area contributed by atoms with E-state index < -0.39 is 0 Å². The lowest BCUT2D eigenvalue weighted by atomic mass is 10.1. The lowest BCUT2D eigenvalue weighted by Crippen LogP contribution is -1.96. The van der Waals surface area contributed by atoms with Crippen molar-refractivity contribution in [2.75, 3.05) is 14.2 Å². The van der Waals surface area contributed by atoms with Crippen molar-refractivity contribution in [1.29, 1.82) is 0 Å². The van der Waals surface area contributed by atoms with Crippen LogP contribution in [-0.2, 0) is 6.42 Å². The van der Waals surface area contributed by atoms with Gasteiger partial charge in [-0.1, -0.05) is 17.7 Å². The Balaban J connectivity index is 2.17. The van der Waals surface area contributed by atoms with E-state index in [1.165, 1.54) is 11.3 Å². The fourth-order valence-corrected chi connectivity index (χ4v) is 3.92.